The highest BCUT2D eigenvalue weighted by atomic mass is 16.6. The number of H-pyrrole nitrogens is 1. The van der Waals surface area contributed by atoms with Crippen molar-refractivity contribution in [3.05, 3.63) is 24.4 Å². The minimum absolute atomic E-state index is 0.468. The Morgan fingerprint density at radius 1 is 1.36 bits per heavy atom. The van der Waals surface area contributed by atoms with Crippen LogP contribution in [0.4, 0.5) is 16.3 Å². The molecule has 4 N–H and O–H groups in total. The molecule has 0 bridgehead atoms. The second kappa shape index (κ2) is 5.97. The summed E-state index contributed by atoms with van der Waals surface area (Å²) in [6, 6.07) is 5.31. The minimum Gasteiger partial charge on any atom is -0.495 e. The van der Waals surface area contributed by atoms with Crippen LogP contribution in [0.5, 0.6) is 5.75 Å². The molecule has 0 spiro atoms. The van der Waals surface area contributed by atoms with Crippen molar-refractivity contribution in [1.29, 1.82) is 0 Å². The number of nitrogens with two attached hydrogens (primary N) is 1. The van der Waals surface area contributed by atoms with Crippen molar-refractivity contribution in [2.75, 3.05) is 18.2 Å². The lowest BCUT2D eigenvalue weighted by molar-refractivity contribution is 0.0635. The maximum atomic E-state index is 11.8. The van der Waals surface area contributed by atoms with Gasteiger partial charge in [0.15, 0.2) is 0 Å². The highest BCUT2D eigenvalue weighted by Crippen LogP contribution is 2.32. The molecule has 2 rings (SSSR count). The van der Waals surface area contributed by atoms with Crippen molar-refractivity contribution >= 4 is 17.6 Å². The van der Waals surface area contributed by atoms with Crippen molar-refractivity contribution < 1.29 is 14.3 Å². The average molecular weight is 304 g/mol. The molecule has 1 aromatic heterocycles. The van der Waals surface area contributed by atoms with Crippen molar-refractivity contribution in [3.63, 3.8) is 0 Å². The molecule has 0 aliphatic rings. The number of rotatable bonds is 3. The molecule has 0 aliphatic carbocycles. The first-order chi connectivity index (χ1) is 10.3. The van der Waals surface area contributed by atoms with Crippen molar-refractivity contribution in [2.24, 2.45) is 0 Å². The topological polar surface area (TPSA) is 102 Å². The first-order valence-corrected chi connectivity index (χ1v) is 6.77. The van der Waals surface area contributed by atoms with Crippen LogP contribution >= 0.6 is 0 Å². The second-order valence-corrected chi connectivity index (χ2v) is 5.74. The predicted molar refractivity (Wildman–Crippen MR) is 84.8 cm³/mol. The average Bonchev–Trinajstić information content (AvgIpc) is 2.83. The van der Waals surface area contributed by atoms with Crippen molar-refractivity contribution in [2.45, 2.75) is 26.4 Å². The maximum Gasteiger partial charge on any atom is 0.412 e. The Morgan fingerprint density at radius 2 is 2.09 bits per heavy atom. The molecule has 0 fully saturated rings. The van der Waals surface area contributed by atoms with E-state index in [1.54, 1.807) is 39.1 Å². The predicted octanol–water partition coefficient (Wildman–Crippen LogP) is 3.01. The molecule has 118 valence electrons. The number of amides is 1. The Balaban J connectivity index is 2.23. The number of hydrogen-bond donors (Lipinski definition) is 3. The van der Waals surface area contributed by atoms with E-state index in [-0.39, 0.29) is 0 Å². The van der Waals surface area contributed by atoms with Gasteiger partial charge in [-0.2, -0.15) is 5.10 Å². The van der Waals surface area contributed by atoms with E-state index < -0.39 is 11.7 Å². The number of ether oxygens (including phenoxy) is 2. The molecule has 22 heavy (non-hydrogen) atoms. The van der Waals surface area contributed by atoms with Gasteiger partial charge in [0.05, 0.1) is 19.0 Å². The van der Waals surface area contributed by atoms with Crippen LogP contribution < -0.4 is 15.8 Å². The van der Waals surface area contributed by atoms with Crippen molar-refractivity contribution in [3.8, 4) is 16.9 Å². The van der Waals surface area contributed by atoms with E-state index in [0.717, 1.165) is 11.1 Å². The van der Waals surface area contributed by atoms with Crippen LogP contribution in [0.2, 0.25) is 0 Å². The molecule has 0 aliphatic heterocycles. The molecule has 1 amide bonds. The number of nitrogen functional groups attached to an aromatic ring is 1. The number of carbonyl (C=O) groups is 1. The summed E-state index contributed by atoms with van der Waals surface area (Å²) < 4.78 is 10.5. The summed E-state index contributed by atoms with van der Waals surface area (Å²) in [4.78, 5) is 11.8. The van der Waals surface area contributed by atoms with Crippen LogP contribution in [-0.4, -0.2) is 29.0 Å². The number of methoxy groups -OCH3 is 1. The van der Waals surface area contributed by atoms with Gasteiger partial charge in [-0.15, -0.1) is 0 Å². The first-order valence-electron chi connectivity index (χ1n) is 6.77. The van der Waals surface area contributed by atoms with Gasteiger partial charge in [-0.3, -0.25) is 10.4 Å². The number of benzene rings is 1. The Bertz CT molecular complexity index is 674. The lowest BCUT2D eigenvalue weighted by Crippen LogP contribution is -2.27. The molecule has 7 nitrogen and oxygen atoms in total. The summed E-state index contributed by atoms with van der Waals surface area (Å²) in [6.07, 6.45) is 1.09. The van der Waals surface area contributed by atoms with Crippen LogP contribution in [0.15, 0.2) is 24.4 Å². The Hall–Kier alpha value is -2.70. The summed E-state index contributed by atoms with van der Waals surface area (Å²) >= 11 is 0. The molecule has 7 heteroatoms. The maximum absolute atomic E-state index is 11.8. The van der Waals surface area contributed by atoms with Crippen LogP contribution in [0.3, 0.4) is 0 Å². The fourth-order valence-electron chi connectivity index (χ4n) is 1.90. The van der Waals surface area contributed by atoms with E-state index >= 15 is 0 Å². The lowest BCUT2D eigenvalue weighted by Gasteiger charge is -2.20. The number of nitrogens with zero attached hydrogens (tertiary/aromatic N) is 1. The summed E-state index contributed by atoms with van der Waals surface area (Å²) in [5.74, 6) is 0.971. The molecule has 1 aromatic carbocycles. The van der Waals surface area contributed by atoms with Gasteiger partial charge in [-0.1, -0.05) is 6.07 Å². The highest BCUT2D eigenvalue weighted by molar-refractivity contribution is 5.88. The van der Waals surface area contributed by atoms with Gasteiger partial charge in [0.2, 0.25) is 0 Å². The molecular weight excluding hydrogens is 284 g/mol. The Labute approximate surface area is 128 Å². The number of nitrogens with one attached hydrogen (secondary N) is 2. The van der Waals surface area contributed by atoms with E-state index in [1.165, 1.54) is 7.11 Å². The molecule has 0 unspecified atom stereocenters. The Kier molecular flexibility index (Phi) is 4.25. The molecule has 1 heterocycles. The third-order valence-electron chi connectivity index (χ3n) is 2.82. The fraction of sp³-hybridized carbons (Fsp3) is 0.333. The minimum atomic E-state index is -0.567. The molecule has 0 saturated carbocycles. The summed E-state index contributed by atoms with van der Waals surface area (Å²) in [5, 5.41) is 9.22. The second-order valence-electron chi connectivity index (χ2n) is 5.74. The quantitative estimate of drug-likeness (QED) is 0.809. The summed E-state index contributed by atoms with van der Waals surface area (Å²) in [5.41, 5.74) is 7.35. The van der Waals surface area contributed by atoms with Gasteiger partial charge in [-0.25, -0.2) is 4.79 Å². The van der Waals surface area contributed by atoms with Gasteiger partial charge < -0.3 is 15.2 Å². The van der Waals surface area contributed by atoms with Crippen LogP contribution in [-0.2, 0) is 4.74 Å². The zero-order chi connectivity index (χ0) is 16.3. The summed E-state index contributed by atoms with van der Waals surface area (Å²) in [7, 11) is 1.53. The number of aromatic nitrogens is 2. The molecule has 0 radical (unpaired) electrons. The fourth-order valence-corrected chi connectivity index (χ4v) is 1.90. The smallest absolute Gasteiger partial charge is 0.412 e. The zero-order valence-electron chi connectivity index (χ0n) is 13.1. The number of aromatic amines is 1. The molecular formula is C15H20N4O3. The van der Waals surface area contributed by atoms with Crippen LogP contribution in [0.25, 0.3) is 11.1 Å². The van der Waals surface area contributed by atoms with Crippen molar-refractivity contribution in [1.82, 2.24) is 10.2 Å². The van der Waals surface area contributed by atoms with Gasteiger partial charge in [0.1, 0.15) is 17.2 Å². The van der Waals surface area contributed by atoms with E-state index in [9.17, 15) is 4.79 Å². The third kappa shape index (κ3) is 3.69. The zero-order valence-corrected chi connectivity index (χ0v) is 13.1. The molecule has 2 aromatic rings. The van der Waals surface area contributed by atoms with Gasteiger partial charge in [0.25, 0.3) is 0 Å². The number of carbonyl (C=O) groups excluding carboxylic acids is 1. The van der Waals surface area contributed by atoms with Crippen LogP contribution in [0, 0.1) is 0 Å². The molecule has 0 saturated heterocycles. The highest BCUT2D eigenvalue weighted by Gasteiger charge is 2.18. The number of anilines is 2. The SMILES string of the molecule is COc1cc(-c2cn[nH]c2N)ccc1NC(=O)OC(C)(C)C. The third-order valence-corrected chi connectivity index (χ3v) is 2.82. The normalized spacial score (nSPS) is 11.1. The first kappa shape index (κ1) is 15.7. The van der Waals surface area contributed by atoms with Gasteiger partial charge in [0, 0.05) is 5.56 Å². The monoisotopic (exact) mass is 304 g/mol. The largest absolute Gasteiger partial charge is 0.495 e. The van der Waals surface area contributed by atoms with Crippen LogP contribution in [0.1, 0.15) is 20.8 Å². The molecule has 0 atom stereocenters. The van der Waals surface area contributed by atoms with E-state index in [2.05, 4.69) is 15.5 Å². The lowest BCUT2D eigenvalue weighted by atomic mass is 10.1. The van der Waals surface area contributed by atoms with E-state index in [4.69, 9.17) is 15.2 Å². The van der Waals surface area contributed by atoms with E-state index in [1.807, 2.05) is 6.07 Å². The number of hydrogen-bond acceptors (Lipinski definition) is 5. The van der Waals surface area contributed by atoms with Gasteiger partial charge >= 0.3 is 6.09 Å². The Morgan fingerprint density at radius 3 is 2.64 bits per heavy atom. The van der Waals surface area contributed by atoms with E-state index in [0.29, 0.717) is 17.3 Å². The standard InChI is InChI=1S/C15H20N4O3/c1-15(2,3)22-14(20)18-11-6-5-9(7-12(11)21-4)10-8-17-19-13(10)16/h5-8H,1-4H3,(H,18,20)(H3,16,17,19). The van der Waals surface area contributed by atoms with Gasteiger partial charge in [-0.05, 0) is 38.5 Å². The summed E-state index contributed by atoms with van der Waals surface area (Å²) in [6.45, 7) is 5.40.